The molecule has 2 aromatic carbocycles. The van der Waals surface area contributed by atoms with E-state index >= 15 is 0 Å². The molecule has 0 aliphatic carbocycles. The van der Waals surface area contributed by atoms with Crippen molar-refractivity contribution in [3.8, 4) is 0 Å². The molecule has 0 aliphatic rings. The van der Waals surface area contributed by atoms with E-state index in [0.717, 1.165) is 25.1 Å². The van der Waals surface area contributed by atoms with Crippen LogP contribution in [0.2, 0.25) is 5.02 Å². The Morgan fingerprint density at radius 2 is 1.90 bits per heavy atom. The van der Waals surface area contributed by atoms with Crippen LogP contribution in [0, 0.1) is 10.1 Å². The monoisotopic (exact) mass is 290 g/mol. The Morgan fingerprint density at radius 1 is 1.15 bits per heavy atom. The number of benzene rings is 2. The summed E-state index contributed by atoms with van der Waals surface area (Å²) in [6.45, 7) is 0.770. The van der Waals surface area contributed by atoms with Crippen LogP contribution in [0.3, 0.4) is 0 Å². The Labute approximate surface area is 122 Å². The highest BCUT2D eigenvalue weighted by atomic mass is 35.5. The Hall–Kier alpha value is -2.07. The fraction of sp³-hybridized carbons (Fsp3) is 0.200. The smallest absolute Gasteiger partial charge is 0.271 e. The van der Waals surface area contributed by atoms with Crippen molar-refractivity contribution in [1.29, 1.82) is 0 Å². The van der Waals surface area contributed by atoms with Crippen molar-refractivity contribution in [3.63, 3.8) is 0 Å². The van der Waals surface area contributed by atoms with Gasteiger partial charge >= 0.3 is 0 Å². The number of non-ortho nitro benzene ring substituents is 1. The third kappa shape index (κ3) is 3.96. The first-order valence-electron chi connectivity index (χ1n) is 6.38. The van der Waals surface area contributed by atoms with Gasteiger partial charge in [-0.3, -0.25) is 10.1 Å². The summed E-state index contributed by atoms with van der Waals surface area (Å²) in [4.78, 5) is 10.2. The number of hydrogen-bond donors (Lipinski definition) is 1. The summed E-state index contributed by atoms with van der Waals surface area (Å²) >= 11 is 6.00. The van der Waals surface area contributed by atoms with Gasteiger partial charge in [-0.15, -0.1) is 0 Å². The maximum atomic E-state index is 10.6. The van der Waals surface area contributed by atoms with Gasteiger partial charge in [-0.1, -0.05) is 41.9 Å². The fourth-order valence-corrected chi connectivity index (χ4v) is 2.16. The van der Waals surface area contributed by atoms with Crippen molar-refractivity contribution in [2.75, 3.05) is 11.9 Å². The Kier molecular flexibility index (Phi) is 4.96. The molecule has 0 spiro atoms. The molecule has 0 aromatic heterocycles. The molecule has 0 aliphatic heterocycles. The second-order valence-electron chi connectivity index (χ2n) is 4.44. The first-order valence-corrected chi connectivity index (χ1v) is 6.76. The molecule has 0 saturated carbocycles. The predicted octanol–water partition coefficient (Wildman–Crippen LogP) is 4.29. The van der Waals surface area contributed by atoms with Crippen LogP contribution >= 0.6 is 11.6 Å². The maximum Gasteiger partial charge on any atom is 0.271 e. The molecule has 104 valence electrons. The highest BCUT2D eigenvalue weighted by Gasteiger charge is 2.08. The van der Waals surface area contributed by atoms with Crippen molar-refractivity contribution in [2.24, 2.45) is 0 Å². The number of hydrogen-bond acceptors (Lipinski definition) is 3. The van der Waals surface area contributed by atoms with Crippen LogP contribution in [0.4, 0.5) is 11.4 Å². The summed E-state index contributed by atoms with van der Waals surface area (Å²) in [5.41, 5.74) is 2.03. The number of nitro benzene ring substituents is 1. The highest BCUT2D eigenvalue weighted by Crippen LogP contribution is 2.26. The second kappa shape index (κ2) is 6.91. The molecular weight excluding hydrogens is 276 g/mol. The van der Waals surface area contributed by atoms with Crippen molar-refractivity contribution < 1.29 is 4.92 Å². The number of aryl methyl sites for hydroxylation is 1. The van der Waals surface area contributed by atoms with E-state index in [1.807, 2.05) is 18.2 Å². The largest absolute Gasteiger partial charge is 0.384 e. The van der Waals surface area contributed by atoms with E-state index < -0.39 is 4.92 Å². The lowest BCUT2D eigenvalue weighted by molar-refractivity contribution is -0.384. The molecule has 0 unspecified atom stereocenters. The van der Waals surface area contributed by atoms with Crippen LogP contribution in [0.15, 0.2) is 48.5 Å². The molecule has 1 N–H and O–H groups in total. The van der Waals surface area contributed by atoms with Gasteiger partial charge in [-0.25, -0.2) is 0 Å². The number of anilines is 1. The molecule has 4 nitrogen and oxygen atoms in total. The van der Waals surface area contributed by atoms with Crippen molar-refractivity contribution >= 4 is 23.0 Å². The van der Waals surface area contributed by atoms with Crippen LogP contribution in [-0.2, 0) is 6.42 Å². The van der Waals surface area contributed by atoms with Gasteiger partial charge in [0.05, 0.1) is 15.6 Å². The van der Waals surface area contributed by atoms with E-state index in [2.05, 4.69) is 17.4 Å². The molecule has 5 heteroatoms. The van der Waals surface area contributed by atoms with Crippen LogP contribution in [0.25, 0.3) is 0 Å². The zero-order chi connectivity index (χ0) is 14.4. The minimum absolute atomic E-state index is 0.00448. The van der Waals surface area contributed by atoms with Gasteiger partial charge in [0, 0.05) is 18.7 Å². The number of nitro groups is 1. The van der Waals surface area contributed by atoms with Crippen LogP contribution in [0.5, 0.6) is 0 Å². The second-order valence-corrected chi connectivity index (χ2v) is 4.84. The van der Waals surface area contributed by atoms with E-state index in [0.29, 0.717) is 5.02 Å². The molecule has 0 saturated heterocycles. The molecule has 0 atom stereocenters. The number of nitrogens with zero attached hydrogens (tertiary/aromatic N) is 1. The molecule has 20 heavy (non-hydrogen) atoms. The third-order valence-corrected chi connectivity index (χ3v) is 3.28. The lowest BCUT2D eigenvalue weighted by Gasteiger charge is -2.08. The Morgan fingerprint density at radius 3 is 2.55 bits per heavy atom. The average Bonchev–Trinajstić information content (AvgIpc) is 2.46. The summed E-state index contributed by atoms with van der Waals surface area (Å²) in [6.07, 6.45) is 1.95. The first kappa shape index (κ1) is 14.3. The lowest BCUT2D eigenvalue weighted by Crippen LogP contribution is -2.03. The molecule has 0 heterocycles. The zero-order valence-corrected chi connectivity index (χ0v) is 11.6. The van der Waals surface area contributed by atoms with Crippen molar-refractivity contribution in [2.45, 2.75) is 12.8 Å². The molecule has 0 amide bonds. The van der Waals surface area contributed by atoms with Gasteiger partial charge < -0.3 is 5.32 Å². The summed E-state index contributed by atoms with van der Waals surface area (Å²) < 4.78 is 0. The molecule has 0 radical (unpaired) electrons. The van der Waals surface area contributed by atoms with Crippen LogP contribution < -0.4 is 5.32 Å². The molecule has 0 bridgehead atoms. The van der Waals surface area contributed by atoms with Gasteiger partial charge in [0.1, 0.15) is 0 Å². The normalized spacial score (nSPS) is 10.2. The molecule has 2 rings (SSSR count). The summed E-state index contributed by atoms with van der Waals surface area (Å²) in [5.74, 6) is 0. The molecule has 0 fully saturated rings. The topological polar surface area (TPSA) is 55.2 Å². The third-order valence-electron chi connectivity index (χ3n) is 2.96. The van der Waals surface area contributed by atoms with Gasteiger partial charge in [-0.05, 0) is 24.5 Å². The quantitative estimate of drug-likeness (QED) is 0.490. The van der Waals surface area contributed by atoms with Gasteiger partial charge in [0.25, 0.3) is 5.69 Å². The molecule has 2 aromatic rings. The minimum atomic E-state index is -0.453. The summed E-state index contributed by atoms with van der Waals surface area (Å²) in [5, 5.41) is 14.2. The fourth-order valence-electron chi connectivity index (χ4n) is 1.92. The Balaban J connectivity index is 1.84. The van der Waals surface area contributed by atoms with E-state index in [-0.39, 0.29) is 5.69 Å². The van der Waals surface area contributed by atoms with Crippen LogP contribution in [0.1, 0.15) is 12.0 Å². The van der Waals surface area contributed by atoms with Gasteiger partial charge in [0.15, 0.2) is 0 Å². The standard InChI is InChI=1S/C15H15ClN2O2/c16-14-11-13(18(19)20)8-9-15(14)17-10-4-7-12-5-2-1-3-6-12/h1-3,5-6,8-9,11,17H,4,7,10H2. The Bertz CT molecular complexity index is 588. The first-order chi connectivity index (χ1) is 9.66. The zero-order valence-electron chi connectivity index (χ0n) is 10.9. The highest BCUT2D eigenvalue weighted by molar-refractivity contribution is 6.33. The van der Waals surface area contributed by atoms with E-state index in [4.69, 9.17) is 11.6 Å². The lowest BCUT2D eigenvalue weighted by atomic mass is 10.1. The van der Waals surface area contributed by atoms with E-state index in [1.165, 1.54) is 17.7 Å². The van der Waals surface area contributed by atoms with E-state index in [9.17, 15) is 10.1 Å². The summed E-state index contributed by atoms with van der Waals surface area (Å²) in [6, 6.07) is 14.7. The van der Waals surface area contributed by atoms with Crippen LogP contribution in [-0.4, -0.2) is 11.5 Å². The number of rotatable bonds is 6. The molecular formula is C15H15ClN2O2. The number of halogens is 1. The van der Waals surface area contributed by atoms with Crippen molar-refractivity contribution in [1.82, 2.24) is 0 Å². The summed E-state index contributed by atoms with van der Waals surface area (Å²) in [7, 11) is 0. The van der Waals surface area contributed by atoms with Gasteiger partial charge in [-0.2, -0.15) is 0 Å². The van der Waals surface area contributed by atoms with Gasteiger partial charge in [0.2, 0.25) is 0 Å². The van der Waals surface area contributed by atoms with Crippen molar-refractivity contribution in [3.05, 3.63) is 69.2 Å². The van der Waals surface area contributed by atoms with E-state index in [1.54, 1.807) is 6.07 Å². The number of nitrogens with one attached hydrogen (secondary N) is 1. The maximum absolute atomic E-state index is 10.6. The minimum Gasteiger partial charge on any atom is -0.384 e. The SMILES string of the molecule is O=[N+]([O-])c1ccc(NCCCc2ccccc2)c(Cl)c1. The average molecular weight is 291 g/mol. The predicted molar refractivity (Wildman–Crippen MR) is 81.4 cm³/mol.